The number of rotatable bonds is 4. The Balaban J connectivity index is 2.39. The molecule has 0 aromatic carbocycles. The van der Waals surface area contributed by atoms with Crippen LogP contribution in [0.15, 0.2) is 0 Å². The quantitative estimate of drug-likeness (QED) is 0.756. The number of carbonyl (C=O) groups is 3. The molecule has 0 unspecified atom stereocenters. The van der Waals surface area contributed by atoms with Gasteiger partial charge in [-0.25, -0.2) is 4.79 Å². The third-order valence-corrected chi connectivity index (χ3v) is 3.24. The molecule has 0 saturated carbocycles. The largest absolute Gasteiger partial charge is 0.458 e. The zero-order valence-electron chi connectivity index (χ0n) is 11.7. The van der Waals surface area contributed by atoms with Crippen LogP contribution in [0, 0.1) is 0 Å². The molecule has 0 radical (unpaired) electrons. The Morgan fingerprint density at radius 1 is 1.47 bits per heavy atom. The van der Waals surface area contributed by atoms with E-state index in [-0.39, 0.29) is 18.4 Å². The first-order valence-electron chi connectivity index (χ1n) is 6.07. The fraction of sp³-hybridized carbons (Fsp3) is 0.750. The molecule has 0 aliphatic carbocycles. The third kappa shape index (κ3) is 5.50. The molecule has 108 valence electrons. The molecule has 2 amide bonds. The molecule has 0 bridgehead atoms. The summed E-state index contributed by atoms with van der Waals surface area (Å²) in [5.74, 6) is 0.0457. The summed E-state index contributed by atoms with van der Waals surface area (Å²) >= 11 is 1.47. The number of carbonyl (C=O) groups excluding carboxylic acids is 3. The number of hydrogen-bond donors (Lipinski definition) is 1. The molecule has 1 fully saturated rings. The van der Waals surface area contributed by atoms with Gasteiger partial charge in [-0.15, -0.1) is 11.8 Å². The summed E-state index contributed by atoms with van der Waals surface area (Å²) in [4.78, 5) is 36.2. The molecule has 0 spiro atoms. The van der Waals surface area contributed by atoms with Crippen molar-refractivity contribution < 1.29 is 19.1 Å². The van der Waals surface area contributed by atoms with Crippen LogP contribution in [0.25, 0.3) is 0 Å². The van der Waals surface area contributed by atoms with E-state index in [2.05, 4.69) is 5.32 Å². The lowest BCUT2D eigenvalue weighted by atomic mass is 10.2. The molecule has 1 aliphatic heterocycles. The van der Waals surface area contributed by atoms with Crippen LogP contribution in [0.3, 0.4) is 0 Å². The van der Waals surface area contributed by atoms with Crippen LogP contribution in [0.5, 0.6) is 0 Å². The van der Waals surface area contributed by atoms with Gasteiger partial charge in [0.1, 0.15) is 18.2 Å². The van der Waals surface area contributed by atoms with Crippen molar-refractivity contribution in [2.45, 2.75) is 39.3 Å². The number of nitrogens with zero attached hydrogens (tertiary/aromatic N) is 1. The maximum absolute atomic E-state index is 11.7. The summed E-state index contributed by atoms with van der Waals surface area (Å²) in [5.41, 5.74) is -0.586. The number of esters is 1. The highest BCUT2D eigenvalue weighted by Crippen LogP contribution is 2.14. The number of thioether (sulfide) groups is 1. The molecule has 0 aromatic heterocycles. The van der Waals surface area contributed by atoms with Gasteiger partial charge in [0.05, 0.1) is 11.6 Å². The smallest absolute Gasteiger partial charge is 0.328 e. The fourth-order valence-corrected chi connectivity index (χ4v) is 2.35. The molecule has 1 saturated heterocycles. The molecule has 6 nitrogen and oxygen atoms in total. The van der Waals surface area contributed by atoms with Gasteiger partial charge < -0.3 is 15.0 Å². The molecule has 1 atom stereocenters. The Hall–Kier alpha value is -1.24. The van der Waals surface area contributed by atoms with E-state index in [0.29, 0.717) is 11.6 Å². The summed E-state index contributed by atoms with van der Waals surface area (Å²) < 4.78 is 5.15. The lowest BCUT2D eigenvalue weighted by molar-refractivity contribution is -0.158. The lowest BCUT2D eigenvalue weighted by Crippen LogP contribution is -2.46. The van der Waals surface area contributed by atoms with E-state index in [1.807, 2.05) is 0 Å². The van der Waals surface area contributed by atoms with Crippen molar-refractivity contribution in [2.24, 2.45) is 0 Å². The van der Waals surface area contributed by atoms with E-state index >= 15 is 0 Å². The Kier molecular flexibility index (Phi) is 5.22. The summed E-state index contributed by atoms with van der Waals surface area (Å²) in [6.45, 7) is 6.84. The van der Waals surface area contributed by atoms with Gasteiger partial charge in [0.2, 0.25) is 11.8 Å². The van der Waals surface area contributed by atoms with E-state index in [1.54, 1.807) is 27.7 Å². The zero-order chi connectivity index (χ0) is 14.6. The summed E-state index contributed by atoms with van der Waals surface area (Å²) in [7, 11) is 0. The summed E-state index contributed by atoms with van der Waals surface area (Å²) in [6.07, 6.45) is 0. The normalized spacial score (nSPS) is 17.3. The highest BCUT2D eigenvalue weighted by atomic mass is 32.2. The standard InChI is InChI=1S/C12H20N2O4S/c1-8(11(17)18-12(2,3)4)13-9(15)5-14-7-19-6-10(14)16/h8H,5-7H2,1-4H3,(H,13,15)/t8-/m0/s1. The Bertz CT molecular complexity index is 378. The van der Waals surface area contributed by atoms with Crippen molar-refractivity contribution in [2.75, 3.05) is 18.2 Å². The van der Waals surface area contributed by atoms with Crippen LogP contribution in [0.4, 0.5) is 0 Å². The highest BCUT2D eigenvalue weighted by molar-refractivity contribution is 8.00. The zero-order valence-corrected chi connectivity index (χ0v) is 12.5. The topological polar surface area (TPSA) is 75.7 Å². The van der Waals surface area contributed by atoms with Crippen LogP contribution < -0.4 is 5.32 Å². The first-order chi connectivity index (χ1) is 8.69. The number of hydrogen-bond acceptors (Lipinski definition) is 5. The summed E-state index contributed by atoms with van der Waals surface area (Å²) in [6, 6.07) is -0.725. The predicted molar refractivity (Wildman–Crippen MR) is 72.5 cm³/mol. The van der Waals surface area contributed by atoms with Crippen molar-refractivity contribution in [3.8, 4) is 0 Å². The molecule has 1 rings (SSSR count). The first-order valence-corrected chi connectivity index (χ1v) is 7.22. The van der Waals surface area contributed by atoms with Crippen LogP contribution in [-0.4, -0.2) is 52.5 Å². The minimum absolute atomic E-state index is 0.0149. The molecular formula is C12H20N2O4S. The number of nitrogens with one attached hydrogen (secondary N) is 1. The average molecular weight is 288 g/mol. The number of amides is 2. The van der Waals surface area contributed by atoms with Crippen LogP contribution in [0.1, 0.15) is 27.7 Å². The molecule has 1 heterocycles. The minimum atomic E-state index is -0.725. The first kappa shape index (κ1) is 15.8. The van der Waals surface area contributed by atoms with Gasteiger partial charge in [-0.2, -0.15) is 0 Å². The van der Waals surface area contributed by atoms with Gasteiger partial charge in [0, 0.05) is 0 Å². The molecule has 1 aliphatic rings. The Morgan fingerprint density at radius 3 is 2.58 bits per heavy atom. The maximum Gasteiger partial charge on any atom is 0.328 e. The average Bonchev–Trinajstić information content (AvgIpc) is 2.61. The van der Waals surface area contributed by atoms with Crippen molar-refractivity contribution in [1.29, 1.82) is 0 Å². The van der Waals surface area contributed by atoms with Crippen LogP contribution in [-0.2, 0) is 19.1 Å². The van der Waals surface area contributed by atoms with E-state index < -0.39 is 17.6 Å². The molecule has 1 N–H and O–H groups in total. The Morgan fingerprint density at radius 2 is 2.11 bits per heavy atom. The second kappa shape index (κ2) is 6.27. The van der Waals surface area contributed by atoms with Gasteiger partial charge in [0.25, 0.3) is 0 Å². The van der Waals surface area contributed by atoms with Gasteiger partial charge >= 0.3 is 5.97 Å². The van der Waals surface area contributed by atoms with Gasteiger partial charge in [-0.05, 0) is 27.7 Å². The molecule has 7 heteroatoms. The molecule has 0 aromatic rings. The van der Waals surface area contributed by atoms with Gasteiger partial charge in [-0.3, -0.25) is 9.59 Å². The van der Waals surface area contributed by atoms with Gasteiger partial charge in [-0.1, -0.05) is 0 Å². The summed E-state index contributed by atoms with van der Waals surface area (Å²) in [5, 5.41) is 2.53. The highest BCUT2D eigenvalue weighted by Gasteiger charge is 2.26. The Labute approximate surface area is 117 Å². The molecule has 19 heavy (non-hydrogen) atoms. The SMILES string of the molecule is C[C@H](NC(=O)CN1CSCC1=O)C(=O)OC(C)(C)C. The van der Waals surface area contributed by atoms with E-state index in [9.17, 15) is 14.4 Å². The van der Waals surface area contributed by atoms with Crippen molar-refractivity contribution in [3.63, 3.8) is 0 Å². The lowest BCUT2D eigenvalue weighted by Gasteiger charge is -2.23. The minimum Gasteiger partial charge on any atom is -0.458 e. The monoisotopic (exact) mass is 288 g/mol. The van der Waals surface area contributed by atoms with E-state index in [0.717, 1.165) is 0 Å². The number of ether oxygens (including phenoxy) is 1. The third-order valence-electron chi connectivity index (χ3n) is 2.30. The predicted octanol–water partition coefficient (Wildman–Crippen LogP) is 0.366. The van der Waals surface area contributed by atoms with Crippen molar-refractivity contribution in [1.82, 2.24) is 10.2 Å². The second-order valence-electron chi connectivity index (χ2n) is 5.39. The van der Waals surface area contributed by atoms with Crippen LogP contribution >= 0.6 is 11.8 Å². The molecular weight excluding hydrogens is 268 g/mol. The van der Waals surface area contributed by atoms with E-state index in [4.69, 9.17) is 4.74 Å². The van der Waals surface area contributed by atoms with E-state index in [1.165, 1.54) is 16.7 Å². The van der Waals surface area contributed by atoms with Crippen molar-refractivity contribution >= 4 is 29.5 Å². The second-order valence-corrected chi connectivity index (χ2v) is 6.35. The fourth-order valence-electron chi connectivity index (χ4n) is 1.45. The van der Waals surface area contributed by atoms with Crippen LogP contribution in [0.2, 0.25) is 0 Å². The van der Waals surface area contributed by atoms with Gasteiger partial charge in [0.15, 0.2) is 0 Å². The maximum atomic E-state index is 11.7. The van der Waals surface area contributed by atoms with Crippen molar-refractivity contribution in [3.05, 3.63) is 0 Å².